The SMILES string of the molecule is CC(N)S(=O)(=O)NN. The summed E-state index contributed by atoms with van der Waals surface area (Å²) in [5.74, 6) is 4.59. The Bertz CT molecular complexity index is 149. The number of hydrazine groups is 1. The van der Waals surface area contributed by atoms with Crippen LogP contribution in [0.1, 0.15) is 6.92 Å². The number of nitrogens with two attached hydrogens (primary N) is 2. The van der Waals surface area contributed by atoms with Gasteiger partial charge in [0, 0.05) is 0 Å². The predicted molar refractivity (Wildman–Crippen MR) is 29.9 cm³/mol. The van der Waals surface area contributed by atoms with Crippen molar-refractivity contribution in [1.82, 2.24) is 4.83 Å². The first-order valence-corrected chi connectivity index (χ1v) is 3.52. The molecule has 8 heavy (non-hydrogen) atoms. The molecule has 0 spiro atoms. The number of rotatable bonds is 2. The monoisotopic (exact) mass is 139 g/mol. The fraction of sp³-hybridized carbons (Fsp3) is 1.00. The Morgan fingerprint density at radius 2 is 2.00 bits per heavy atom. The van der Waals surface area contributed by atoms with E-state index in [4.69, 9.17) is 5.73 Å². The molecule has 0 aliphatic carbocycles. The first-order chi connectivity index (χ1) is 3.50. The van der Waals surface area contributed by atoms with E-state index in [2.05, 4.69) is 5.84 Å². The van der Waals surface area contributed by atoms with Crippen molar-refractivity contribution in [2.75, 3.05) is 0 Å². The second-order valence-corrected chi connectivity index (χ2v) is 3.44. The van der Waals surface area contributed by atoms with Crippen molar-refractivity contribution in [3.63, 3.8) is 0 Å². The van der Waals surface area contributed by atoms with Crippen LogP contribution in [0.3, 0.4) is 0 Å². The molecule has 0 saturated heterocycles. The molecule has 0 aromatic carbocycles. The molecular weight excluding hydrogens is 130 g/mol. The second kappa shape index (κ2) is 2.40. The Hall–Kier alpha value is -0.170. The molecule has 0 heterocycles. The van der Waals surface area contributed by atoms with Gasteiger partial charge in [0.25, 0.3) is 0 Å². The summed E-state index contributed by atoms with van der Waals surface area (Å²) in [5.41, 5.74) is 4.95. The molecule has 5 N–H and O–H groups in total. The van der Waals surface area contributed by atoms with Crippen LogP contribution in [-0.2, 0) is 10.0 Å². The lowest BCUT2D eigenvalue weighted by molar-refractivity contribution is 0.572. The van der Waals surface area contributed by atoms with Crippen molar-refractivity contribution in [1.29, 1.82) is 0 Å². The number of hydrogen-bond donors (Lipinski definition) is 3. The molecule has 0 aromatic heterocycles. The van der Waals surface area contributed by atoms with E-state index < -0.39 is 15.4 Å². The normalized spacial score (nSPS) is 15.9. The van der Waals surface area contributed by atoms with E-state index in [1.165, 1.54) is 6.92 Å². The molecule has 0 bridgehead atoms. The van der Waals surface area contributed by atoms with Gasteiger partial charge in [-0.2, -0.15) is 4.83 Å². The summed E-state index contributed by atoms with van der Waals surface area (Å²) in [6.07, 6.45) is 0. The van der Waals surface area contributed by atoms with E-state index >= 15 is 0 Å². The van der Waals surface area contributed by atoms with E-state index in [9.17, 15) is 8.42 Å². The van der Waals surface area contributed by atoms with Gasteiger partial charge in [-0.1, -0.05) is 0 Å². The molecule has 0 saturated carbocycles. The van der Waals surface area contributed by atoms with E-state index in [0.29, 0.717) is 0 Å². The first kappa shape index (κ1) is 7.83. The predicted octanol–water partition coefficient (Wildman–Crippen LogP) is -1.92. The van der Waals surface area contributed by atoms with Crippen LogP contribution in [0.4, 0.5) is 0 Å². The van der Waals surface area contributed by atoms with Crippen LogP contribution in [0, 0.1) is 0 Å². The van der Waals surface area contributed by atoms with Crippen LogP contribution in [0.15, 0.2) is 0 Å². The highest BCUT2D eigenvalue weighted by molar-refractivity contribution is 7.89. The van der Waals surface area contributed by atoms with Crippen LogP contribution in [0.2, 0.25) is 0 Å². The highest BCUT2D eigenvalue weighted by Gasteiger charge is 2.11. The topological polar surface area (TPSA) is 98.2 Å². The van der Waals surface area contributed by atoms with Gasteiger partial charge < -0.3 is 5.73 Å². The molecule has 0 rings (SSSR count). The third-order valence-corrected chi connectivity index (χ3v) is 1.96. The largest absolute Gasteiger partial charge is 0.314 e. The molecule has 0 radical (unpaired) electrons. The van der Waals surface area contributed by atoms with Gasteiger partial charge in [-0.15, -0.1) is 0 Å². The zero-order chi connectivity index (χ0) is 6.78. The Morgan fingerprint density at radius 1 is 1.62 bits per heavy atom. The van der Waals surface area contributed by atoms with Crippen LogP contribution in [0.5, 0.6) is 0 Å². The fourth-order valence-electron chi connectivity index (χ4n) is 0.107. The first-order valence-electron chi connectivity index (χ1n) is 1.97. The highest BCUT2D eigenvalue weighted by atomic mass is 32.2. The highest BCUT2D eigenvalue weighted by Crippen LogP contribution is 1.83. The van der Waals surface area contributed by atoms with Gasteiger partial charge in [-0.25, -0.2) is 8.42 Å². The van der Waals surface area contributed by atoms with E-state index in [0.717, 1.165) is 0 Å². The summed E-state index contributed by atoms with van der Waals surface area (Å²) in [4.78, 5) is 1.59. The minimum atomic E-state index is -3.43. The molecule has 6 heteroatoms. The van der Waals surface area contributed by atoms with Gasteiger partial charge >= 0.3 is 0 Å². The van der Waals surface area contributed by atoms with Crippen molar-refractivity contribution in [3.8, 4) is 0 Å². The maximum atomic E-state index is 10.3. The van der Waals surface area contributed by atoms with Gasteiger partial charge in [0.15, 0.2) is 0 Å². The van der Waals surface area contributed by atoms with Crippen LogP contribution >= 0.6 is 0 Å². The van der Waals surface area contributed by atoms with Crippen molar-refractivity contribution in [2.24, 2.45) is 11.6 Å². The zero-order valence-corrected chi connectivity index (χ0v) is 5.27. The van der Waals surface area contributed by atoms with E-state index in [1.54, 1.807) is 4.83 Å². The lowest BCUT2D eigenvalue weighted by Crippen LogP contribution is -2.41. The number of nitrogens with one attached hydrogen (secondary N) is 1. The average molecular weight is 139 g/mol. The quantitative estimate of drug-likeness (QED) is 0.307. The third-order valence-electron chi connectivity index (χ3n) is 0.654. The maximum Gasteiger partial charge on any atom is 0.239 e. The van der Waals surface area contributed by atoms with Crippen LogP contribution < -0.4 is 16.4 Å². The molecule has 50 valence electrons. The molecule has 0 fully saturated rings. The Morgan fingerprint density at radius 3 is 2.00 bits per heavy atom. The van der Waals surface area contributed by atoms with Crippen molar-refractivity contribution in [3.05, 3.63) is 0 Å². The summed E-state index contributed by atoms with van der Waals surface area (Å²) in [5, 5.41) is -0.951. The number of sulfonamides is 1. The van der Waals surface area contributed by atoms with Crippen molar-refractivity contribution < 1.29 is 8.42 Å². The van der Waals surface area contributed by atoms with Gasteiger partial charge in [0.05, 0.1) is 0 Å². The smallest absolute Gasteiger partial charge is 0.239 e. The molecule has 0 amide bonds. The molecular formula is C2H9N3O2S. The summed E-state index contributed by atoms with van der Waals surface area (Å²) in [6.45, 7) is 1.33. The Labute approximate surface area is 48.1 Å². The zero-order valence-electron chi connectivity index (χ0n) is 4.46. The van der Waals surface area contributed by atoms with Gasteiger partial charge in [-0.3, -0.25) is 5.84 Å². The molecule has 1 unspecified atom stereocenters. The van der Waals surface area contributed by atoms with Gasteiger partial charge in [-0.05, 0) is 6.92 Å². The lowest BCUT2D eigenvalue weighted by Gasteiger charge is -2.02. The minimum absolute atomic E-state index is 0.951. The molecule has 0 aliphatic rings. The van der Waals surface area contributed by atoms with Gasteiger partial charge in [0.1, 0.15) is 5.37 Å². The van der Waals surface area contributed by atoms with Crippen molar-refractivity contribution in [2.45, 2.75) is 12.3 Å². The summed E-state index contributed by atoms with van der Waals surface area (Å²) in [6, 6.07) is 0. The summed E-state index contributed by atoms with van der Waals surface area (Å²) < 4.78 is 20.7. The average Bonchev–Trinajstić information content (AvgIpc) is 1.67. The van der Waals surface area contributed by atoms with Gasteiger partial charge in [0.2, 0.25) is 10.0 Å². The number of hydrogen-bond acceptors (Lipinski definition) is 4. The lowest BCUT2D eigenvalue weighted by atomic mass is 10.8. The fourth-order valence-corrected chi connectivity index (χ4v) is 0.322. The van der Waals surface area contributed by atoms with Crippen molar-refractivity contribution >= 4 is 10.0 Å². The standard InChI is InChI=1S/C2H9N3O2S/c1-2(3)8(6,7)5-4/h2,5H,3-4H2,1H3. The third kappa shape index (κ3) is 1.74. The summed E-state index contributed by atoms with van der Waals surface area (Å²) >= 11 is 0. The molecule has 0 aromatic rings. The minimum Gasteiger partial charge on any atom is -0.314 e. The molecule has 1 atom stereocenters. The molecule has 5 nitrogen and oxygen atoms in total. The summed E-state index contributed by atoms with van der Waals surface area (Å²) in [7, 11) is -3.43. The second-order valence-electron chi connectivity index (χ2n) is 1.37. The molecule has 0 aliphatic heterocycles. The maximum absolute atomic E-state index is 10.3. The Balaban J connectivity index is 4.17. The van der Waals surface area contributed by atoms with Crippen LogP contribution in [0.25, 0.3) is 0 Å². The van der Waals surface area contributed by atoms with E-state index in [1.807, 2.05) is 0 Å². The van der Waals surface area contributed by atoms with E-state index in [-0.39, 0.29) is 0 Å². The van der Waals surface area contributed by atoms with Crippen LogP contribution in [-0.4, -0.2) is 13.8 Å². The Kier molecular flexibility index (Phi) is 2.35.